The number of nitrogen functional groups attached to an aromatic ring is 1. The summed E-state index contributed by atoms with van der Waals surface area (Å²) in [6.07, 6.45) is 0. The summed E-state index contributed by atoms with van der Waals surface area (Å²) in [4.78, 5) is 14.4. The lowest BCUT2D eigenvalue weighted by molar-refractivity contribution is 0.601. The van der Waals surface area contributed by atoms with Crippen molar-refractivity contribution < 1.29 is 8.42 Å². The van der Waals surface area contributed by atoms with Crippen molar-refractivity contribution in [2.45, 2.75) is 4.90 Å². The Morgan fingerprint density at radius 1 is 1.00 bits per heavy atom. The highest BCUT2D eigenvalue weighted by Gasteiger charge is 2.18. The van der Waals surface area contributed by atoms with Gasteiger partial charge in [0.2, 0.25) is 11.9 Å². The van der Waals surface area contributed by atoms with Gasteiger partial charge in [-0.2, -0.15) is 15.0 Å². The van der Waals surface area contributed by atoms with E-state index in [0.29, 0.717) is 17.2 Å². The van der Waals surface area contributed by atoms with Crippen molar-refractivity contribution >= 4 is 50.2 Å². The molecule has 0 aliphatic carbocycles. The third-order valence-corrected chi connectivity index (χ3v) is 5.68. The van der Waals surface area contributed by atoms with E-state index in [1.54, 1.807) is 67.5 Å². The van der Waals surface area contributed by atoms with Gasteiger partial charge in [0.15, 0.2) is 5.82 Å². The summed E-state index contributed by atoms with van der Waals surface area (Å²) >= 11 is 2.12. The molecule has 0 fully saturated rings. The number of hydrogen-bond donors (Lipinski definition) is 2. The molecule has 2 aromatic carbocycles. The van der Waals surface area contributed by atoms with Crippen LogP contribution in [0.2, 0.25) is 0 Å². The molecule has 10 heteroatoms. The molecular weight excluding hydrogens is 479 g/mol. The molecule has 140 valence electrons. The summed E-state index contributed by atoms with van der Waals surface area (Å²) in [6.45, 7) is 0. The highest BCUT2D eigenvalue weighted by molar-refractivity contribution is 14.1. The molecule has 0 aliphatic heterocycles. The van der Waals surface area contributed by atoms with E-state index in [1.807, 2.05) is 0 Å². The third-order valence-electron chi connectivity index (χ3n) is 3.58. The molecule has 0 bridgehead atoms. The van der Waals surface area contributed by atoms with Crippen LogP contribution in [0.15, 0.2) is 53.4 Å². The molecular formula is C17H17IN6O2S. The number of aromatic nitrogens is 3. The van der Waals surface area contributed by atoms with E-state index < -0.39 is 10.0 Å². The third kappa shape index (κ3) is 4.45. The molecule has 0 radical (unpaired) electrons. The molecule has 1 heterocycles. The second-order valence-corrected chi connectivity index (χ2v) is 8.74. The van der Waals surface area contributed by atoms with Gasteiger partial charge in [-0.3, -0.25) is 4.72 Å². The number of nitrogens with one attached hydrogen (secondary N) is 1. The average molecular weight is 496 g/mol. The molecule has 0 spiro atoms. The fourth-order valence-electron chi connectivity index (χ4n) is 2.29. The van der Waals surface area contributed by atoms with E-state index in [9.17, 15) is 8.42 Å². The monoisotopic (exact) mass is 496 g/mol. The molecule has 0 amide bonds. The lowest BCUT2D eigenvalue weighted by Crippen LogP contribution is -2.16. The van der Waals surface area contributed by atoms with E-state index in [-0.39, 0.29) is 16.7 Å². The predicted octanol–water partition coefficient (Wildman–Crippen LogP) is 2.59. The molecule has 0 aliphatic rings. The van der Waals surface area contributed by atoms with Crippen LogP contribution >= 0.6 is 22.6 Å². The molecule has 0 saturated carbocycles. The first-order valence-corrected chi connectivity index (χ1v) is 10.4. The van der Waals surface area contributed by atoms with E-state index in [0.717, 1.165) is 3.57 Å². The van der Waals surface area contributed by atoms with Gasteiger partial charge in [-0.1, -0.05) is 12.1 Å². The van der Waals surface area contributed by atoms with Gasteiger partial charge in [0.1, 0.15) is 0 Å². The molecule has 1 aromatic heterocycles. The minimum absolute atomic E-state index is 0.0546. The van der Waals surface area contributed by atoms with Crippen LogP contribution in [-0.2, 0) is 10.0 Å². The van der Waals surface area contributed by atoms with Gasteiger partial charge in [-0.15, -0.1) is 0 Å². The minimum Gasteiger partial charge on any atom is -0.368 e. The summed E-state index contributed by atoms with van der Waals surface area (Å²) in [7, 11) is -0.200. The predicted molar refractivity (Wildman–Crippen MR) is 114 cm³/mol. The quantitative estimate of drug-likeness (QED) is 0.522. The number of para-hydroxylation sites is 1. The van der Waals surface area contributed by atoms with E-state index in [2.05, 4.69) is 42.3 Å². The highest BCUT2D eigenvalue weighted by atomic mass is 127. The Balaban J connectivity index is 2.04. The van der Waals surface area contributed by atoms with Crippen LogP contribution in [0.25, 0.3) is 11.4 Å². The van der Waals surface area contributed by atoms with Crippen LogP contribution in [0, 0.1) is 3.57 Å². The fraction of sp³-hybridized carbons (Fsp3) is 0.118. The first-order valence-electron chi connectivity index (χ1n) is 7.83. The van der Waals surface area contributed by atoms with E-state index in [4.69, 9.17) is 5.73 Å². The summed E-state index contributed by atoms with van der Waals surface area (Å²) in [6, 6.07) is 13.4. The van der Waals surface area contributed by atoms with Crippen molar-refractivity contribution in [1.82, 2.24) is 15.0 Å². The Kier molecular flexibility index (Phi) is 5.46. The standard InChI is InChI=1S/C17H17IN6O2S/c1-24(2)17-21-15(20-16(19)22-17)13-5-3-4-6-14(13)23-27(25,26)12-9-7-11(18)8-10-12/h3-10,23H,1-2H3,(H2,19,20,21,22). The van der Waals surface area contributed by atoms with Crippen LogP contribution in [0.4, 0.5) is 17.6 Å². The summed E-state index contributed by atoms with van der Waals surface area (Å²) in [5.41, 5.74) is 6.65. The maximum Gasteiger partial charge on any atom is 0.261 e. The van der Waals surface area contributed by atoms with Crippen molar-refractivity contribution in [3.63, 3.8) is 0 Å². The van der Waals surface area contributed by atoms with E-state index in [1.165, 1.54) is 0 Å². The molecule has 27 heavy (non-hydrogen) atoms. The zero-order valence-electron chi connectivity index (χ0n) is 14.6. The van der Waals surface area contributed by atoms with E-state index >= 15 is 0 Å². The van der Waals surface area contributed by atoms with Crippen LogP contribution in [0.5, 0.6) is 0 Å². The summed E-state index contributed by atoms with van der Waals surface area (Å²) in [5, 5.41) is 0. The average Bonchev–Trinajstić information content (AvgIpc) is 2.61. The Morgan fingerprint density at radius 2 is 1.67 bits per heavy atom. The summed E-state index contributed by atoms with van der Waals surface area (Å²) in [5.74, 6) is 0.721. The molecule has 0 unspecified atom stereocenters. The number of anilines is 3. The second kappa shape index (κ2) is 7.64. The fourth-order valence-corrected chi connectivity index (χ4v) is 3.73. The molecule has 0 saturated heterocycles. The maximum atomic E-state index is 12.7. The molecule has 0 atom stereocenters. The van der Waals surface area contributed by atoms with Crippen molar-refractivity contribution in [1.29, 1.82) is 0 Å². The van der Waals surface area contributed by atoms with Gasteiger partial charge in [0, 0.05) is 23.2 Å². The lowest BCUT2D eigenvalue weighted by atomic mass is 10.2. The number of rotatable bonds is 5. The number of halogens is 1. The molecule has 3 rings (SSSR count). The topological polar surface area (TPSA) is 114 Å². The molecule has 3 N–H and O–H groups in total. The number of sulfonamides is 1. The largest absolute Gasteiger partial charge is 0.368 e. The van der Waals surface area contributed by atoms with Crippen LogP contribution in [0.3, 0.4) is 0 Å². The smallest absolute Gasteiger partial charge is 0.261 e. The first kappa shape index (κ1) is 19.3. The molecule has 8 nitrogen and oxygen atoms in total. The normalized spacial score (nSPS) is 11.2. The maximum absolute atomic E-state index is 12.7. The Bertz CT molecular complexity index is 1070. The number of nitrogens with zero attached hydrogens (tertiary/aromatic N) is 4. The van der Waals surface area contributed by atoms with Crippen LogP contribution < -0.4 is 15.4 Å². The van der Waals surface area contributed by atoms with Gasteiger partial charge in [-0.25, -0.2) is 8.42 Å². The Morgan fingerprint density at radius 3 is 2.33 bits per heavy atom. The van der Waals surface area contributed by atoms with Crippen molar-refractivity contribution in [3.8, 4) is 11.4 Å². The van der Waals surface area contributed by atoms with Gasteiger partial charge in [0.25, 0.3) is 10.0 Å². The summed E-state index contributed by atoms with van der Waals surface area (Å²) < 4.78 is 29.0. The van der Waals surface area contributed by atoms with Gasteiger partial charge in [0.05, 0.1) is 10.6 Å². The van der Waals surface area contributed by atoms with Gasteiger partial charge in [-0.05, 0) is 59.0 Å². The van der Waals surface area contributed by atoms with Crippen LogP contribution in [-0.4, -0.2) is 37.5 Å². The van der Waals surface area contributed by atoms with Crippen molar-refractivity contribution in [2.24, 2.45) is 0 Å². The zero-order valence-corrected chi connectivity index (χ0v) is 17.6. The van der Waals surface area contributed by atoms with Crippen molar-refractivity contribution in [3.05, 3.63) is 52.1 Å². The lowest BCUT2D eigenvalue weighted by Gasteiger charge is -2.14. The Hall–Kier alpha value is -2.47. The SMILES string of the molecule is CN(C)c1nc(N)nc(-c2ccccc2NS(=O)(=O)c2ccc(I)cc2)n1. The minimum atomic E-state index is -3.76. The van der Waals surface area contributed by atoms with Crippen LogP contribution in [0.1, 0.15) is 0 Å². The number of nitrogens with two attached hydrogens (primary N) is 1. The number of benzene rings is 2. The zero-order chi connectivity index (χ0) is 19.6. The van der Waals surface area contributed by atoms with Gasteiger partial charge < -0.3 is 10.6 Å². The first-order chi connectivity index (χ1) is 12.8. The number of hydrogen-bond acceptors (Lipinski definition) is 7. The highest BCUT2D eigenvalue weighted by Crippen LogP contribution is 2.28. The molecule has 3 aromatic rings. The van der Waals surface area contributed by atoms with Crippen molar-refractivity contribution in [2.75, 3.05) is 29.5 Å². The Labute approximate surface area is 171 Å². The second-order valence-electron chi connectivity index (χ2n) is 5.82. The van der Waals surface area contributed by atoms with Gasteiger partial charge >= 0.3 is 0 Å².